The summed E-state index contributed by atoms with van der Waals surface area (Å²) >= 11 is 0. The van der Waals surface area contributed by atoms with Crippen LogP contribution in [0.1, 0.15) is 30.4 Å². The van der Waals surface area contributed by atoms with Crippen molar-refractivity contribution >= 4 is 10.9 Å². The highest BCUT2D eigenvalue weighted by molar-refractivity contribution is 5.87. The molecule has 3 rings (SSSR count). The van der Waals surface area contributed by atoms with Gasteiger partial charge in [0, 0.05) is 18.1 Å². The van der Waals surface area contributed by atoms with Crippen molar-refractivity contribution in [3.8, 4) is 6.07 Å². The summed E-state index contributed by atoms with van der Waals surface area (Å²) in [6.07, 6.45) is 2.96. The maximum atomic E-state index is 9.18. The summed E-state index contributed by atoms with van der Waals surface area (Å²) in [6, 6.07) is 10.3. The normalized spacial score (nSPS) is 23.2. The first-order valence-corrected chi connectivity index (χ1v) is 6.78. The lowest BCUT2D eigenvalue weighted by molar-refractivity contribution is 0.365. The van der Waals surface area contributed by atoms with Gasteiger partial charge in [-0.05, 0) is 42.5 Å². The summed E-state index contributed by atoms with van der Waals surface area (Å²) in [7, 11) is 0. The Balaban J connectivity index is 2.12. The highest BCUT2D eigenvalue weighted by atomic mass is 14.9. The number of nitrogens with zero attached hydrogens (tertiary/aromatic N) is 2. The van der Waals surface area contributed by atoms with E-state index in [2.05, 4.69) is 35.4 Å². The zero-order valence-corrected chi connectivity index (χ0v) is 11.1. The second-order valence-electron chi connectivity index (χ2n) is 5.41. The molecule has 0 amide bonds. The highest BCUT2D eigenvalue weighted by Crippen LogP contribution is 2.32. The fourth-order valence-electron chi connectivity index (χ4n) is 3.03. The maximum Gasteiger partial charge on any atom is 0.101 e. The van der Waals surface area contributed by atoms with Gasteiger partial charge in [0.25, 0.3) is 0 Å². The largest absolute Gasteiger partial charge is 0.316 e. The maximum absolute atomic E-state index is 9.18. The molecular weight excluding hydrogens is 234 g/mol. The molecule has 1 aliphatic heterocycles. The molecule has 1 aromatic heterocycles. The van der Waals surface area contributed by atoms with E-state index in [1.54, 1.807) is 6.20 Å². The van der Waals surface area contributed by atoms with Crippen LogP contribution in [-0.2, 0) is 0 Å². The van der Waals surface area contributed by atoms with Crippen molar-refractivity contribution in [3.63, 3.8) is 0 Å². The Morgan fingerprint density at radius 3 is 3.00 bits per heavy atom. The van der Waals surface area contributed by atoms with E-state index in [0.717, 1.165) is 24.0 Å². The Labute approximate surface area is 113 Å². The van der Waals surface area contributed by atoms with Gasteiger partial charge in [0.15, 0.2) is 0 Å². The lowest BCUT2D eigenvalue weighted by Crippen LogP contribution is -2.33. The van der Waals surface area contributed by atoms with Crippen LogP contribution in [0.25, 0.3) is 10.9 Å². The van der Waals surface area contributed by atoms with Gasteiger partial charge in [-0.15, -0.1) is 0 Å². The number of nitrogens with one attached hydrogen (secondary N) is 1. The molecule has 0 spiro atoms. The number of hydrogen-bond donors (Lipinski definition) is 1. The van der Waals surface area contributed by atoms with Crippen molar-refractivity contribution in [2.75, 3.05) is 13.1 Å². The zero-order chi connectivity index (χ0) is 13.2. The first kappa shape index (κ1) is 12.1. The van der Waals surface area contributed by atoms with Crippen molar-refractivity contribution in [2.45, 2.75) is 19.3 Å². The van der Waals surface area contributed by atoms with E-state index in [-0.39, 0.29) is 0 Å². The molecule has 1 saturated heterocycles. The van der Waals surface area contributed by atoms with Crippen LogP contribution >= 0.6 is 0 Å². The molecule has 0 aliphatic carbocycles. The third kappa shape index (κ3) is 2.20. The molecule has 1 aromatic carbocycles. The van der Waals surface area contributed by atoms with Crippen LogP contribution < -0.4 is 5.32 Å². The number of benzene rings is 1. The Morgan fingerprint density at radius 2 is 2.21 bits per heavy atom. The molecule has 1 unspecified atom stereocenters. The monoisotopic (exact) mass is 251 g/mol. The summed E-state index contributed by atoms with van der Waals surface area (Å²) in [5.74, 6) is 1.21. The van der Waals surface area contributed by atoms with Crippen LogP contribution in [0.15, 0.2) is 30.5 Å². The van der Waals surface area contributed by atoms with Gasteiger partial charge in [0.2, 0.25) is 0 Å². The molecule has 0 saturated carbocycles. The average Bonchev–Trinajstić information content (AvgIpc) is 2.46. The van der Waals surface area contributed by atoms with Gasteiger partial charge < -0.3 is 5.32 Å². The fraction of sp³-hybridized carbons (Fsp3) is 0.375. The van der Waals surface area contributed by atoms with Crippen LogP contribution in [0.2, 0.25) is 0 Å². The fourth-order valence-corrected chi connectivity index (χ4v) is 3.03. The van der Waals surface area contributed by atoms with Crippen molar-refractivity contribution < 1.29 is 0 Å². The average molecular weight is 251 g/mol. The van der Waals surface area contributed by atoms with Gasteiger partial charge in [-0.2, -0.15) is 5.26 Å². The van der Waals surface area contributed by atoms with Crippen LogP contribution in [0.5, 0.6) is 0 Å². The van der Waals surface area contributed by atoms with E-state index < -0.39 is 0 Å². The van der Waals surface area contributed by atoms with Crippen molar-refractivity contribution in [1.82, 2.24) is 10.3 Å². The number of fused-ring (bicyclic) bond motifs is 1. The van der Waals surface area contributed by atoms with Crippen LogP contribution in [0, 0.1) is 17.2 Å². The molecule has 96 valence electrons. The predicted octanol–water partition coefficient (Wildman–Crippen LogP) is 2.82. The molecule has 3 nitrogen and oxygen atoms in total. The second-order valence-corrected chi connectivity index (χ2v) is 5.41. The predicted molar refractivity (Wildman–Crippen MR) is 75.8 cm³/mol. The van der Waals surface area contributed by atoms with E-state index in [0.29, 0.717) is 17.4 Å². The minimum atomic E-state index is 0.517. The van der Waals surface area contributed by atoms with Crippen LogP contribution in [0.4, 0.5) is 0 Å². The van der Waals surface area contributed by atoms with Crippen molar-refractivity contribution in [1.29, 1.82) is 5.26 Å². The van der Waals surface area contributed by atoms with E-state index in [9.17, 15) is 5.26 Å². The van der Waals surface area contributed by atoms with Crippen molar-refractivity contribution in [2.24, 2.45) is 5.92 Å². The quantitative estimate of drug-likeness (QED) is 0.847. The summed E-state index contributed by atoms with van der Waals surface area (Å²) < 4.78 is 0. The number of pyridine rings is 1. The molecule has 1 aliphatic rings. The molecule has 1 N–H and O–H groups in total. The van der Waals surface area contributed by atoms with E-state index in [1.807, 2.05) is 12.1 Å². The number of aromatic nitrogens is 1. The van der Waals surface area contributed by atoms with E-state index >= 15 is 0 Å². The summed E-state index contributed by atoms with van der Waals surface area (Å²) in [6.45, 7) is 4.40. The Bertz CT molecular complexity index is 642. The molecule has 2 aromatic rings. The van der Waals surface area contributed by atoms with Gasteiger partial charge >= 0.3 is 0 Å². The van der Waals surface area contributed by atoms with Gasteiger partial charge in [-0.1, -0.05) is 19.1 Å². The topological polar surface area (TPSA) is 48.7 Å². The lowest BCUT2D eigenvalue weighted by atomic mass is 9.84. The Kier molecular flexibility index (Phi) is 3.18. The molecular formula is C16H17N3. The number of hydrogen-bond acceptors (Lipinski definition) is 3. The van der Waals surface area contributed by atoms with Gasteiger partial charge in [0.05, 0.1) is 11.1 Å². The first-order chi connectivity index (χ1) is 9.29. The first-order valence-electron chi connectivity index (χ1n) is 6.78. The minimum Gasteiger partial charge on any atom is -0.316 e. The van der Waals surface area contributed by atoms with Crippen molar-refractivity contribution in [3.05, 3.63) is 41.6 Å². The third-order valence-corrected chi connectivity index (χ3v) is 3.93. The van der Waals surface area contributed by atoms with Crippen LogP contribution in [0.3, 0.4) is 0 Å². The number of nitriles is 1. The molecule has 2 atom stereocenters. The molecule has 2 heterocycles. The van der Waals surface area contributed by atoms with E-state index in [4.69, 9.17) is 0 Å². The van der Waals surface area contributed by atoms with E-state index in [1.165, 1.54) is 12.0 Å². The third-order valence-electron chi connectivity index (χ3n) is 3.93. The molecule has 0 bridgehead atoms. The SMILES string of the molecule is C[C@H]1CNCC(c2ccc(C#N)c3ncccc23)C1. The van der Waals surface area contributed by atoms with Gasteiger partial charge in [-0.3, -0.25) is 4.98 Å². The Morgan fingerprint density at radius 1 is 1.32 bits per heavy atom. The lowest BCUT2D eigenvalue weighted by Gasteiger charge is -2.28. The zero-order valence-electron chi connectivity index (χ0n) is 11.1. The molecule has 19 heavy (non-hydrogen) atoms. The standard InChI is InChI=1S/C16H17N3/c1-11-7-13(10-18-9-11)14-5-4-12(8-17)16-15(14)3-2-6-19-16/h2-6,11,13,18H,7,9-10H2,1H3/t11-,13?/m1/s1. The minimum absolute atomic E-state index is 0.517. The van der Waals surface area contributed by atoms with Gasteiger partial charge in [-0.25, -0.2) is 0 Å². The molecule has 0 radical (unpaired) electrons. The highest BCUT2D eigenvalue weighted by Gasteiger charge is 2.22. The second kappa shape index (κ2) is 4.99. The number of piperidine rings is 1. The molecule has 3 heteroatoms. The summed E-state index contributed by atoms with van der Waals surface area (Å²) in [5, 5.41) is 13.8. The van der Waals surface area contributed by atoms with Gasteiger partial charge in [0.1, 0.15) is 6.07 Å². The summed E-state index contributed by atoms with van der Waals surface area (Å²) in [5.41, 5.74) is 2.82. The smallest absolute Gasteiger partial charge is 0.101 e. The Hall–Kier alpha value is -1.92. The molecule has 1 fully saturated rings. The summed E-state index contributed by atoms with van der Waals surface area (Å²) in [4.78, 5) is 4.38. The van der Waals surface area contributed by atoms with Crippen LogP contribution in [-0.4, -0.2) is 18.1 Å². The number of rotatable bonds is 1.